The highest BCUT2D eigenvalue weighted by molar-refractivity contribution is 7.89. The molecule has 27 heavy (non-hydrogen) atoms. The summed E-state index contributed by atoms with van der Waals surface area (Å²) in [6.45, 7) is 6.92. The van der Waals surface area contributed by atoms with Crippen LogP contribution in [0.4, 0.5) is 0 Å². The van der Waals surface area contributed by atoms with Gasteiger partial charge in [0.2, 0.25) is 15.9 Å². The number of hydrogen-bond acceptors (Lipinski definition) is 6. The van der Waals surface area contributed by atoms with Crippen LogP contribution in [-0.4, -0.2) is 75.5 Å². The van der Waals surface area contributed by atoms with E-state index in [2.05, 4.69) is 5.32 Å². The molecule has 1 atom stereocenters. The molecule has 2 aliphatic heterocycles. The molecule has 1 fully saturated rings. The molecular formula is C18H27N3O5S. The van der Waals surface area contributed by atoms with Crippen molar-refractivity contribution in [1.82, 2.24) is 14.5 Å². The lowest BCUT2D eigenvalue weighted by molar-refractivity contribution is -0.123. The number of carbonyl (C=O) groups excluding carboxylic acids is 1. The summed E-state index contributed by atoms with van der Waals surface area (Å²) in [5.74, 6) is 1.01. The maximum Gasteiger partial charge on any atom is 0.243 e. The van der Waals surface area contributed by atoms with E-state index in [-0.39, 0.29) is 16.8 Å². The average molecular weight is 397 g/mol. The number of fused-ring (bicyclic) bond motifs is 1. The minimum absolute atomic E-state index is 0.0208. The summed E-state index contributed by atoms with van der Waals surface area (Å²) in [5.41, 5.74) is 0. The molecule has 0 saturated carbocycles. The molecule has 1 aromatic rings. The van der Waals surface area contributed by atoms with Crippen molar-refractivity contribution in [3.05, 3.63) is 18.2 Å². The Morgan fingerprint density at radius 1 is 1.15 bits per heavy atom. The van der Waals surface area contributed by atoms with Gasteiger partial charge < -0.3 is 14.8 Å². The lowest BCUT2D eigenvalue weighted by Gasteiger charge is -2.33. The van der Waals surface area contributed by atoms with Gasteiger partial charge in [0, 0.05) is 38.3 Å². The molecule has 0 bridgehead atoms. The Labute approximate surface area is 160 Å². The van der Waals surface area contributed by atoms with E-state index in [0.29, 0.717) is 57.4 Å². The number of piperazine rings is 1. The van der Waals surface area contributed by atoms with Gasteiger partial charge in [0.25, 0.3) is 0 Å². The van der Waals surface area contributed by atoms with Crippen molar-refractivity contribution in [3.8, 4) is 11.5 Å². The van der Waals surface area contributed by atoms with E-state index in [1.807, 2.05) is 18.7 Å². The largest absolute Gasteiger partial charge is 0.486 e. The molecule has 9 heteroatoms. The van der Waals surface area contributed by atoms with Gasteiger partial charge >= 0.3 is 0 Å². The van der Waals surface area contributed by atoms with Gasteiger partial charge in [-0.15, -0.1) is 0 Å². The normalized spacial score (nSPS) is 19.5. The van der Waals surface area contributed by atoms with E-state index in [4.69, 9.17) is 9.47 Å². The third kappa shape index (κ3) is 4.72. The summed E-state index contributed by atoms with van der Waals surface area (Å²) in [7, 11) is -3.60. The van der Waals surface area contributed by atoms with Crippen molar-refractivity contribution in [3.63, 3.8) is 0 Å². The Morgan fingerprint density at radius 2 is 1.81 bits per heavy atom. The molecule has 150 valence electrons. The zero-order valence-electron chi connectivity index (χ0n) is 15.8. The summed E-state index contributed by atoms with van der Waals surface area (Å²) >= 11 is 0. The number of carbonyl (C=O) groups is 1. The maximum absolute atomic E-state index is 12.9. The van der Waals surface area contributed by atoms with E-state index >= 15 is 0 Å². The second-order valence-electron chi connectivity index (χ2n) is 6.86. The smallest absolute Gasteiger partial charge is 0.243 e. The Bertz CT molecular complexity index is 775. The number of nitrogens with one attached hydrogen (secondary N) is 1. The van der Waals surface area contributed by atoms with Crippen LogP contribution in [0.25, 0.3) is 0 Å². The molecule has 0 radical (unpaired) electrons. The molecule has 2 heterocycles. The van der Waals surface area contributed by atoms with Crippen LogP contribution >= 0.6 is 0 Å². The SMILES string of the molecule is CC[C@H](C)NC(=O)CN1CCN(S(=O)(=O)c2ccc3c(c2)OCCO3)CC1. The fourth-order valence-corrected chi connectivity index (χ4v) is 4.52. The highest BCUT2D eigenvalue weighted by Crippen LogP contribution is 2.33. The van der Waals surface area contributed by atoms with Crippen LogP contribution in [0.1, 0.15) is 20.3 Å². The summed E-state index contributed by atoms with van der Waals surface area (Å²) in [4.78, 5) is 14.2. The molecule has 1 saturated heterocycles. The number of amides is 1. The molecule has 0 spiro atoms. The second kappa shape index (κ2) is 8.45. The van der Waals surface area contributed by atoms with Crippen LogP contribution in [0, 0.1) is 0 Å². The monoisotopic (exact) mass is 397 g/mol. The first-order chi connectivity index (χ1) is 12.9. The number of nitrogens with zero attached hydrogens (tertiary/aromatic N) is 2. The van der Waals surface area contributed by atoms with Gasteiger partial charge in [-0.3, -0.25) is 9.69 Å². The molecule has 0 aromatic heterocycles. The predicted octanol–water partition coefficient (Wildman–Crippen LogP) is 0.679. The lowest BCUT2D eigenvalue weighted by Crippen LogP contribution is -2.51. The third-order valence-corrected chi connectivity index (χ3v) is 6.76. The van der Waals surface area contributed by atoms with Crippen molar-refractivity contribution in [2.75, 3.05) is 45.9 Å². The first-order valence-corrected chi connectivity index (χ1v) is 10.8. The summed E-state index contributed by atoms with van der Waals surface area (Å²) in [5, 5.41) is 2.93. The molecule has 1 aromatic carbocycles. The number of sulfonamides is 1. The van der Waals surface area contributed by atoms with Crippen molar-refractivity contribution >= 4 is 15.9 Å². The Balaban J connectivity index is 1.59. The Kier molecular flexibility index (Phi) is 6.23. The average Bonchev–Trinajstić information content (AvgIpc) is 2.67. The van der Waals surface area contributed by atoms with Crippen LogP contribution in [0.2, 0.25) is 0 Å². The molecule has 0 aliphatic carbocycles. The Hall–Kier alpha value is -1.84. The molecule has 8 nitrogen and oxygen atoms in total. The van der Waals surface area contributed by atoms with Crippen molar-refractivity contribution in [2.24, 2.45) is 0 Å². The minimum Gasteiger partial charge on any atom is -0.486 e. The van der Waals surface area contributed by atoms with Gasteiger partial charge in [0.05, 0.1) is 11.4 Å². The highest BCUT2D eigenvalue weighted by Gasteiger charge is 2.30. The molecule has 1 N–H and O–H groups in total. The molecule has 0 unspecified atom stereocenters. The molecule has 1 amide bonds. The van der Waals surface area contributed by atoms with Gasteiger partial charge in [-0.25, -0.2) is 8.42 Å². The number of hydrogen-bond donors (Lipinski definition) is 1. The molecular weight excluding hydrogens is 370 g/mol. The van der Waals surface area contributed by atoms with Gasteiger partial charge in [0.15, 0.2) is 11.5 Å². The zero-order valence-corrected chi connectivity index (χ0v) is 16.6. The summed E-state index contributed by atoms with van der Waals surface area (Å²) < 4.78 is 38.2. The van der Waals surface area contributed by atoms with Crippen molar-refractivity contribution < 1.29 is 22.7 Å². The van der Waals surface area contributed by atoms with Crippen molar-refractivity contribution in [1.29, 1.82) is 0 Å². The van der Waals surface area contributed by atoms with E-state index in [9.17, 15) is 13.2 Å². The second-order valence-corrected chi connectivity index (χ2v) is 8.80. The van der Waals surface area contributed by atoms with Gasteiger partial charge in [-0.2, -0.15) is 4.31 Å². The highest BCUT2D eigenvalue weighted by atomic mass is 32.2. The topological polar surface area (TPSA) is 88.2 Å². The Morgan fingerprint density at radius 3 is 2.48 bits per heavy atom. The third-order valence-electron chi connectivity index (χ3n) is 4.87. The first-order valence-electron chi connectivity index (χ1n) is 9.31. The zero-order chi connectivity index (χ0) is 19.4. The van der Waals surface area contributed by atoms with Crippen molar-refractivity contribution in [2.45, 2.75) is 31.2 Å². The minimum atomic E-state index is -3.60. The van der Waals surface area contributed by atoms with Crippen LogP contribution in [0.3, 0.4) is 0 Å². The number of rotatable bonds is 6. The van der Waals surface area contributed by atoms with Gasteiger partial charge in [0.1, 0.15) is 13.2 Å². The standard InChI is InChI=1S/C18H27N3O5S/c1-3-14(2)19-18(22)13-20-6-8-21(9-7-20)27(23,24)15-4-5-16-17(12-15)26-11-10-25-16/h4-5,12,14H,3,6-11,13H2,1-2H3,(H,19,22)/t14-/m0/s1. The van der Waals surface area contributed by atoms with E-state index in [0.717, 1.165) is 6.42 Å². The predicted molar refractivity (Wildman–Crippen MR) is 101 cm³/mol. The van der Waals surface area contributed by atoms with Crippen LogP contribution in [0.5, 0.6) is 11.5 Å². The fraction of sp³-hybridized carbons (Fsp3) is 0.611. The first kappa shape index (κ1) is 19.9. The van der Waals surface area contributed by atoms with Crippen LogP contribution in [-0.2, 0) is 14.8 Å². The molecule has 3 rings (SSSR count). The van der Waals surface area contributed by atoms with Gasteiger partial charge in [-0.05, 0) is 25.5 Å². The van der Waals surface area contributed by atoms with E-state index in [1.54, 1.807) is 12.1 Å². The van der Waals surface area contributed by atoms with Gasteiger partial charge in [-0.1, -0.05) is 6.92 Å². The fourth-order valence-electron chi connectivity index (χ4n) is 3.09. The maximum atomic E-state index is 12.9. The van der Waals surface area contributed by atoms with Crippen LogP contribution < -0.4 is 14.8 Å². The number of benzene rings is 1. The lowest BCUT2D eigenvalue weighted by atomic mass is 10.2. The number of ether oxygens (including phenoxy) is 2. The van der Waals surface area contributed by atoms with E-state index in [1.165, 1.54) is 10.4 Å². The van der Waals surface area contributed by atoms with Crippen LogP contribution in [0.15, 0.2) is 23.1 Å². The summed E-state index contributed by atoms with van der Waals surface area (Å²) in [6, 6.07) is 4.86. The van der Waals surface area contributed by atoms with E-state index < -0.39 is 10.0 Å². The summed E-state index contributed by atoms with van der Waals surface area (Å²) in [6.07, 6.45) is 0.882. The quantitative estimate of drug-likeness (QED) is 0.760. The molecule has 2 aliphatic rings.